The molecule has 5 heterocycles. The number of rotatable bonds is 2. The van der Waals surface area contributed by atoms with Gasteiger partial charge in [0.1, 0.15) is 11.4 Å². The number of aromatic amines is 2. The molecule has 0 amide bonds. The summed E-state index contributed by atoms with van der Waals surface area (Å²) in [4.78, 5) is 20.1. The number of hydrogen-bond acceptors (Lipinski definition) is 5. The van der Waals surface area contributed by atoms with Crippen molar-refractivity contribution in [3.8, 4) is 22.8 Å². The molecule has 0 fully saturated rings. The zero-order chi connectivity index (χ0) is 17.7. The van der Waals surface area contributed by atoms with Crippen LogP contribution in [0.2, 0.25) is 0 Å². The number of hydrogen-bond donors (Lipinski definition) is 2. The summed E-state index contributed by atoms with van der Waals surface area (Å²) < 4.78 is 15.4. The molecule has 0 aliphatic heterocycles. The summed E-state index contributed by atoms with van der Waals surface area (Å²) in [7, 11) is 0. The summed E-state index contributed by atoms with van der Waals surface area (Å²) in [5, 5.41) is 7.38. The van der Waals surface area contributed by atoms with Crippen molar-refractivity contribution in [1.82, 2.24) is 35.1 Å². The summed E-state index contributed by atoms with van der Waals surface area (Å²) in [6.45, 7) is 1.89. The Bertz CT molecular complexity index is 1240. The number of aryl methyl sites for hydroxylation is 1. The van der Waals surface area contributed by atoms with E-state index < -0.39 is 5.82 Å². The van der Waals surface area contributed by atoms with E-state index in [0.717, 1.165) is 11.1 Å². The highest BCUT2D eigenvalue weighted by atomic mass is 19.1. The van der Waals surface area contributed by atoms with Gasteiger partial charge < -0.3 is 4.98 Å². The third kappa shape index (κ3) is 2.08. The maximum atomic E-state index is 15.4. The van der Waals surface area contributed by atoms with E-state index in [9.17, 15) is 0 Å². The van der Waals surface area contributed by atoms with Crippen molar-refractivity contribution in [1.29, 1.82) is 0 Å². The van der Waals surface area contributed by atoms with E-state index in [1.54, 1.807) is 30.9 Å². The van der Waals surface area contributed by atoms with E-state index >= 15 is 4.39 Å². The molecule has 5 rings (SSSR count). The second kappa shape index (κ2) is 5.41. The minimum Gasteiger partial charge on any atom is -0.335 e. The SMILES string of the molecule is Cc1ccncc1-c1ncc2[nH]nc(-c3nc4ncccc4[nH]3)c2c1F. The third-order valence-electron chi connectivity index (χ3n) is 4.32. The quantitative estimate of drug-likeness (QED) is 0.511. The molecule has 0 spiro atoms. The van der Waals surface area contributed by atoms with E-state index in [1.807, 2.05) is 19.1 Å². The minimum absolute atomic E-state index is 0.236. The minimum atomic E-state index is -0.462. The summed E-state index contributed by atoms with van der Waals surface area (Å²) in [5.74, 6) is -0.0142. The first-order valence-corrected chi connectivity index (χ1v) is 7.97. The maximum Gasteiger partial charge on any atom is 0.178 e. The Morgan fingerprint density at radius 1 is 1.00 bits per heavy atom. The Balaban J connectivity index is 1.77. The Morgan fingerprint density at radius 3 is 2.77 bits per heavy atom. The Kier molecular flexibility index (Phi) is 3.05. The lowest BCUT2D eigenvalue weighted by molar-refractivity contribution is 0.638. The average molecular weight is 345 g/mol. The van der Waals surface area contributed by atoms with Crippen LogP contribution >= 0.6 is 0 Å². The van der Waals surface area contributed by atoms with E-state index in [4.69, 9.17) is 0 Å². The van der Waals surface area contributed by atoms with Gasteiger partial charge in [-0.1, -0.05) is 0 Å². The van der Waals surface area contributed by atoms with E-state index in [-0.39, 0.29) is 5.69 Å². The van der Waals surface area contributed by atoms with Crippen LogP contribution in [0.15, 0.2) is 43.0 Å². The molecule has 0 radical (unpaired) electrons. The molecule has 8 heteroatoms. The second-order valence-corrected chi connectivity index (χ2v) is 5.93. The van der Waals surface area contributed by atoms with Crippen molar-refractivity contribution >= 4 is 22.1 Å². The molecule has 0 unspecified atom stereocenters. The maximum absolute atomic E-state index is 15.4. The normalized spacial score (nSPS) is 11.5. The molecule has 0 aliphatic carbocycles. The van der Waals surface area contributed by atoms with Crippen molar-refractivity contribution in [2.45, 2.75) is 6.92 Å². The predicted octanol–water partition coefficient (Wildman–Crippen LogP) is 3.41. The number of halogens is 1. The summed E-state index contributed by atoms with van der Waals surface area (Å²) in [5.41, 5.74) is 3.97. The molecule has 0 saturated heterocycles. The molecule has 2 N–H and O–H groups in total. The van der Waals surface area contributed by atoms with Crippen molar-refractivity contribution < 1.29 is 4.39 Å². The highest BCUT2D eigenvalue weighted by molar-refractivity contribution is 5.95. The number of fused-ring (bicyclic) bond motifs is 2. The molecular weight excluding hydrogens is 333 g/mol. The van der Waals surface area contributed by atoms with Crippen LogP contribution in [0.5, 0.6) is 0 Å². The van der Waals surface area contributed by atoms with Crippen molar-refractivity contribution in [3.63, 3.8) is 0 Å². The number of aromatic nitrogens is 7. The first-order valence-electron chi connectivity index (χ1n) is 7.97. The zero-order valence-electron chi connectivity index (χ0n) is 13.7. The molecule has 0 bridgehead atoms. The molecule has 5 aromatic rings. The van der Waals surface area contributed by atoms with Gasteiger partial charge in [0.05, 0.1) is 22.6 Å². The van der Waals surface area contributed by atoms with Gasteiger partial charge in [-0.2, -0.15) is 5.10 Å². The summed E-state index contributed by atoms with van der Waals surface area (Å²) >= 11 is 0. The number of nitrogens with zero attached hydrogens (tertiary/aromatic N) is 5. The lowest BCUT2D eigenvalue weighted by Crippen LogP contribution is -1.94. The Morgan fingerprint density at radius 2 is 1.92 bits per heavy atom. The summed E-state index contributed by atoms with van der Waals surface area (Å²) in [6.07, 6.45) is 6.50. The van der Waals surface area contributed by atoms with Crippen LogP contribution in [0.1, 0.15) is 5.56 Å². The van der Waals surface area contributed by atoms with Crippen LogP contribution in [0.25, 0.3) is 44.8 Å². The fourth-order valence-electron chi connectivity index (χ4n) is 3.00. The van der Waals surface area contributed by atoms with Gasteiger partial charge in [-0.05, 0) is 30.7 Å². The molecule has 0 aromatic carbocycles. The first-order chi connectivity index (χ1) is 12.7. The van der Waals surface area contributed by atoms with Crippen molar-refractivity contribution in [3.05, 3.63) is 54.4 Å². The fourth-order valence-corrected chi connectivity index (χ4v) is 3.00. The van der Waals surface area contributed by atoms with E-state index in [2.05, 4.69) is 35.1 Å². The topological polar surface area (TPSA) is 96.0 Å². The Labute approximate surface area is 146 Å². The van der Waals surface area contributed by atoms with Crippen LogP contribution in [0, 0.1) is 12.7 Å². The number of nitrogens with one attached hydrogen (secondary N) is 2. The first kappa shape index (κ1) is 14.6. The van der Waals surface area contributed by atoms with Gasteiger partial charge in [0, 0.05) is 24.2 Å². The number of imidazole rings is 1. The van der Waals surface area contributed by atoms with Gasteiger partial charge >= 0.3 is 0 Å². The number of pyridine rings is 3. The van der Waals surface area contributed by atoms with Gasteiger partial charge in [-0.3, -0.25) is 15.1 Å². The largest absolute Gasteiger partial charge is 0.335 e. The molecule has 26 heavy (non-hydrogen) atoms. The third-order valence-corrected chi connectivity index (χ3v) is 4.32. The van der Waals surface area contributed by atoms with Gasteiger partial charge in [0.25, 0.3) is 0 Å². The second-order valence-electron chi connectivity index (χ2n) is 5.93. The molecule has 0 atom stereocenters. The smallest absolute Gasteiger partial charge is 0.178 e. The van der Waals surface area contributed by atoms with E-state index in [0.29, 0.717) is 33.6 Å². The highest BCUT2D eigenvalue weighted by Gasteiger charge is 2.21. The molecule has 5 aromatic heterocycles. The fraction of sp³-hybridized carbons (Fsp3) is 0.0556. The van der Waals surface area contributed by atoms with Crippen LogP contribution in [0.4, 0.5) is 4.39 Å². The predicted molar refractivity (Wildman–Crippen MR) is 94.7 cm³/mol. The standard InChI is InChI=1S/C18H12FN7/c1-9-4-6-20-7-10(9)15-14(19)13-12(8-22-15)25-26-16(13)18-23-11-3-2-5-21-17(11)24-18/h2-8H,1H3,(H,25,26)(H,21,23,24). The van der Waals surface area contributed by atoms with Gasteiger partial charge in [0.15, 0.2) is 17.3 Å². The molecular formula is C18H12FN7. The molecule has 0 aliphatic rings. The van der Waals surface area contributed by atoms with Crippen molar-refractivity contribution in [2.75, 3.05) is 0 Å². The summed E-state index contributed by atoms with van der Waals surface area (Å²) in [6, 6.07) is 5.48. The van der Waals surface area contributed by atoms with Crippen LogP contribution in [-0.2, 0) is 0 Å². The monoisotopic (exact) mass is 345 g/mol. The van der Waals surface area contributed by atoms with Crippen LogP contribution in [0.3, 0.4) is 0 Å². The van der Waals surface area contributed by atoms with Crippen LogP contribution < -0.4 is 0 Å². The zero-order valence-corrected chi connectivity index (χ0v) is 13.7. The van der Waals surface area contributed by atoms with Gasteiger partial charge in [-0.15, -0.1) is 0 Å². The van der Waals surface area contributed by atoms with Crippen molar-refractivity contribution in [2.24, 2.45) is 0 Å². The Hall–Kier alpha value is -3.68. The van der Waals surface area contributed by atoms with Crippen LogP contribution in [-0.4, -0.2) is 35.1 Å². The number of H-pyrrole nitrogens is 2. The lowest BCUT2D eigenvalue weighted by Gasteiger charge is -2.06. The lowest BCUT2D eigenvalue weighted by atomic mass is 10.1. The average Bonchev–Trinajstić information content (AvgIpc) is 3.27. The molecule has 7 nitrogen and oxygen atoms in total. The van der Waals surface area contributed by atoms with Gasteiger partial charge in [-0.25, -0.2) is 14.4 Å². The molecule has 126 valence electrons. The van der Waals surface area contributed by atoms with Gasteiger partial charge in [0.2, 0.25) is 0 Å². The highest BCUT2D eigenvalue weighted by Crippen LogP contribution is 2.32. The van der Waals surface area contributed by atoms with E-state index in [1.165, 1.54) is 0 Å². The molecule has 0 saturated carbocycles.